The first-order valence-electron chi connectivity index (χ1n) is 6.75. The van der Waals surface area contributed by atoms with Crippen LogP contribution in [0.15, 0.2) is 17.5 Å². The summed E-state index contributed by atoms with van der Waals surface area (Å²) in [6.07, 6.45) is 0. The van der Waals surface area contributed by atoms with Gasteiger partial charge in [-0.25, -0.2) is 0 Å². The van der Waals surface area contributed by atoms with Crippen molar-refractivity contribution in [2.75, 3.05) is 19.6 Å². The van der Waals surface area contributed by atoms with Crippen molar-refractivity contribution in [2.24, 2.45) is 11.8 Å². The van der Waals surface area contributed by atoms with Crippen molar-refractivity contribution < 1.29 is 14.7 Å². The first-order valence-corrected chi connectivity index (χ1v) is 7.63. The van der Waals surface area contributed by atoms with Crippen LogP contribution in [-0.2, 0) is 9.59 Å². The summed E-state index contributed by atoms with van der Waals surface area (Å²) in [5.74, 6) is -0.817. The molecule has 1 aliphatic heterocycles. The van der Waals surface area contributed by atoms with Crippen LogP contribution >= 0.6 is 11.3 Å². The van der Waals surface area contributed by atoms with Crippen LogP contribution in [0.1, 0.15) is 24.8 Å². The van der Waals surface area contributed by atoms with Gasteiger partial charge in [0.1, 0.15) is 0 Å². The van der Waals surface area contributed by atoms with E-state index in [4.69, 9.17) is 5.11 Å². The van der Waals surface area contributed by atoms with Crippen molar-refractivity contribution in [1.82, 2.24) is 10.2 Å². The third-order valence-corrected chi connectivity index (χ3v) is 4.46. The van der Waals surface area contributed by atoms with Gasteiger partial charge in [-0.05, 0) is 17.4 Å². The molecule has 1 unspecified atom stereocenters. The van der Waals surface area contributed by atoms with E-state index < -0.39 is 5.97 Å². The second-order valence-electron chi connectivity index (χ2n) is 5.53. The number of hydrogen-bond acceptors (Lipinski definition) is 4. The van der Waals surface area contributed by atoms with Crippen LogP contribution in [0.5, 0.6) is 0 Å². The molecule has 2 rings (SSSR count). The fourth-order valence-corrected chi connectivity index (χ4v) is 3.26. The standard InChI is InChI=1S/C14H20N2O3S/c1-9(2)13(11-4-3-5-20-11)15-12(17)8-16-6-10(7-16)14(18)19/h3-5,9-10,13H,6-8H2,1-2H3,(H,15,17)(H,18,19). The molecule has 1 fully saturated rings. The molecule has 110 valence electrons. The van der Waals surface area contributed by atoms with Crippen LogP contribution in [0.25, 0.3) is 0 Å². The van der Waals surface area contributed by atoms with E-state index in [1.165, 1.54) is 0 Å². The molecule has 1 saturated heterocycles. The number of likely N-dealkylation sites (tertiary alicyclic amines) is 1. The molecule has 0 aliphatic carbocycles. The lowest BCUT2D eigenvalue weighted by Gasteiger charge is -2.36. The third-order valence-electron chi connectivity index (χ3n) is 3.51. The van der Waals surface area contributed by atoms with Crippen LogP contribution in [0, 0.1) is 11.8 Å². The van der Waals surface area contributed by atoms with Gasteiger partial charge < -0.3 is 10.4 Å². The van der Waals surface area contributed by atoms with Crippen molar-refractivity contribution in [3.05, 3.63) is 22.4 Å². The highest BCUT2D eigenvalue weighted by Gasteiger charge is 2.33. The van der Waals surface area contributed by atoms with E-state index in [2.05, 4.69) is 19.2 Å². The van der Waals surface area contributed by atoms with Crippen LogP contribution in [0.2, 0.25) is 0 Å². The number of carbonyl (C=O) groups is 2. The average Bonchev–Trinajstić information content (AvgIpc) is 2.82. The zero-order valence-corrected chi connectivity index (χ0v) is 12.5. The molecule has 1 aromatic rings. The Hall–Kier alpha value is -1.40. The molecule has 1 atom stereocenters. The molecule has 5 nitrogen and oxygen atoms in total. The molecule has 0 saturated carbocycles. The fourth-order valence-electron chi connectivity index (χ4n) is 2.31. The van der Waals surface area contributed by atoms with E-state index >= 15 is 0 Å². The summed E-state index contributed by atoms with van der Waals surface area (Å²) >= 11 is 1.64. The second-order valence-corrected chi connectivity index (χ2v) is 6.51. The monoisotopic (exact) mass is 296 g/mol. The lowest BCUT2D eigenvalue weighted by Crippen LogP contribution is -2.53. The van der Waals surface area contributed by atoms with Gasteiger partial charge in [0.2, 0.25) is 5.91 Å². The smallest absolute Gasteiger partial charge is 0.309 e. The molecule has 1 aliphatic rings. The van der Waals surface area contributed by atoms with E-state index in [0.717, 1.165) is 4.88 Å². The van der Waals surface area contributed by atoms with Gasteiger partial charge in [0.05, 0.1) is 18.5 Å². The zero-order chi connectivity index (χ0) is 14.7. The summed E-state index contributed by atoms with van der Waals surface area (Å²) < 4.78 is 0. The summed E-state index contributed by atoms with van der Waals surface area (Å²) in [5, 5.41) is 13.9. The summed E-state index contributed by atoms with van der Waals surface area (Å²) in [4.78, 5) is 25.8. The molecular weight excluding hydrogens is 276 g/mol. The van der Waals surface area contributed by atoms with Crippen molar-refractivity contribution >= 4 is 23.2 Å². The number of hydrogen-bond donors (Lipinski definition) is 2. The number of thiophene rings is 1. The Morgan fingerprint density at radius 2 is 2.20 bits per heavy atom. The lowest BCUT2D eigenvalue weighted by molar-refractivity contribution is -0.148. The highest BCUT2D eigenvalue weighted by Crippen LogP contribution is 2.25. The maximum Gasteiger partial charge on any atom is 0.309 e. The van der Waals surface area contributed by atoms with E-state index in [1.54, 1.807) is 11.3 Å². The van der Waals surface area contributed by atoms with Crippen molar-refractivity contribution in [1.29, 1.82) is 0 Å². The van der Waals surface area contributed by atoms with Gasteiger partial charge in [0.25, 0.3) is 0 Å². The molecule has 0 radical (unpaired) electrons. The molecule has 2 heterocycles. The molecule has 1 aromatic heterocycles. The molecular formula is C14H20N2O3S. The van der Waals surface area contributed by atoms with Crippen LogP contribution < -0.4 is 5.32 Å². The van der Waals surface area contributed by atoms with Crippen LogP contribution in [0.4, 0.5) is 0 Å². The predicted octanol–water partition coefficient (Wildman–Crippen LogP) is 1.58. The Morgan fingerprint density at radius 1 is 1.50 bits per heavy atom. The van der Waals surface area contributed by atoms with E-state index in [9.17, 15) is 9.59 Å². The van der Waals surface area contributed by atoms with Crippen LogP contribution in [-0.4, -0.2) is 41.5 Å². The highest BCUT2D eigenvalue weighted by atomic mass is 32.1. The van der Waals surface area contributed by atoms with E-state index in [0.29, 0.717) is 19.0 Å². The highest BCUT2D eigenvalue weighted by molar-refractivity contribution is 7.10. The number of rotatable bonds is 6. The Balaban J connectivity index is 1.83. The van der Waals surface area contributed by atoms with Gasteiger partial charge in [0, 0.05) is 18.0 Å². The maximum atomic E-state index is 12.0. The number of carboxylic acid groups (broad SMARTS) is 1. The average molecular weight is 296 g/mol. The Bertz CT molecular complexity index is 467. The summed E-state index contributed by atoms with van der Waals surface area (Å²) in [5.41, 5.74) is 0. The topological polar surface area (TPSA) is 69.6 Å². The van der Waals surface area contributed by atoms with Crippen LogP contribution in [0.3, 0.4) is 0 Å². The Morgan fingerprint density at radius 3 is 2.70 bits per heavy atom. The largest absolute Gasteiger partial charge is 0.481 e. The van der Waals surface area contributed by atoms with Gasteiger partial charge in [-0.15, -0.1) is 11.3 Å². The van der Waals surface area contributed by atoms with Gasteiger partial charge in [-0.3, -0.25) is 14.5 Å². The predicted molar refractivity (Wildman–Crippen MR) is 77.6 cm³/mol. The molecule has 6 heteroatoms. The third kappa shape index (κ3) is 3.58. The lowest BCUT2D eigenvalue weighted by atomic mass is 10.00. The first kappa shape index (κ1) is 15.0. The maximum absolute atomic E-state index is 12.0. The van der Waals surface area contributed by atoms with E-state index in [1.807, 2.05) is 22.4 Å². The number of carbonyl (C=O) groups excluding carboxylic acids is 1. The minimum atomic E-state index is -0.777. The Labute approximate surface area is 122 Å². The summed E-state index contributed by atoms with van der Waals surface area (Å²) in [6, 6.07) is 4.03. The minimum Gasteiger partial charge on any atom is -0.481 e. The molecule has 0 bridgehead atoms. The van der Waals surface area contributed by atoms with Gasteiger partial charge in [-0.2, -0.15) is 0 Å². The molecule has 1 amide bonds. The molecule has 0 spiro atoms. The fraction of sp³-hybridized carbons (Fsp3) is 0.571. The van der Waals surface area contributed by atoms with Crippen molar-refractivity contribution in [3.63, 3.8) is 0 Å². The summed E-state index contributed by atoms with van der Waals surface area (Å²) in [7, 11) is 0. The number of nitrogens with one attached hydrogen (secondary N) is 1. The number of carboxylic acids is 1. The SMILES string of the molecule is CC(C)C(NC(=O)CN1CC(C(=O)O)C1)c1cccs1. The van der Waals surface area contributed by atoms with Gasteiger partial charge in [-0.1, -0.05) is 19.9 Å². The molecule has 0 aromatic carbocycles. The van der Waals surface area contributed by atoms with Gasteiger partial charge in [0.15, 0.2) is 0 Å². The van der Waals surface area contributed by atoms with Crippen molar-refractivity contribution in [3.8, 4) is 0 Å². The zero-order valence-electron chi connectivity index (χ0n) is 11.7. The Kier molecular flexibility index (Phi) is 4.77. The van der Waals surface area contributed by atoms with Gasteiger partial charge >= 0.3 is 5.97 Å². The quantitative estimate of drug-likeness (QED) is 0.836. The number of nitrogens with zero attached hydrogens (tertiary/aromatic N) is 1. The summed E-state index contributed by atoms with van der Waals surface area (Å²) in [6.45, 7) is 5.37. The van der Waals surface area contributed by atoms with E-state index in [-0.39, 0.29) is 24.4 Å². The normalized spacial score (nSPS) is 17.8. The first-order chi connectivity index (χ1) is 9.47. The second kappa shape index (κ2) is 6.37. The number of aliphatic carboxylic acids is 1. The molecule has 2 N–H and O–H groups in total. The minimum absolute atomic E-state index is 0.0269. The van der Waals surface area contributed by atoms with Crippen molar-refractivity contribution in [2.45, 2.75) is 19.9 Å². The number of amides is 1. The molecule has 20 heavy (non-hydrogen) atoms.